The summed E-state index contributed by atoms with van der Waals surface area (Å²) in [4.78, 5) is 48.0. The topological polar surface area (TPSA) is 110 Å². The van der Waals surface area contributed by atoms with Crippen molar-refractivity contribution in [2.75, 3.05) is 13.1 Å². The van der Waals surface area contributed by atoms with Crippen LogP contribution in [0.15, 0.2) is 65.6 Å². The van der Waals surface area contributed by atoms with Gasteiger partial charge in [0.25, 0.3) is 16.8 Å². The molecule has 0 aromatic heterocycles. The average molecular weight is 423 g/mol. The summed E-state index contributed by atoms with van der Waals surface area (Å²) in [7, 11) is 0. The first-order chi connectivity index (χ1) is 14.4. The Morgan fingerprint density at radius 2 is 1.77 bits per heavy atom. The third-order valence-corrected chi connectivity index (χ3v) is 5.04. The molecule has 1 saturated heterocycles. The molecule has 2 aromatic rings. The van der Waals surface area contributed by atoms with Crippen LogP contribution in [0.5, 0.6) is 0 Å². The minimum atomic E-state index is -0.500. The van der Waals surface area contributed by atoms with Crippen molar-refractivity contribution in [3.05, 3.63) is 86.8 Å². The van der Waals surface area contributed by atoms with Crippen molar-refractivity contribution in [2.24, 2.45) is 0 Å². The molecule has 8 nitrogen and oxygen atoms in total. The highest BCUT2D eigenvalue weighted by atomic mass is 32.2. The molecule has 0 aliphatic carbocycles. The van der Waals surface area contributed by atoms with Gasteiger partial charge in [0.2, 0.25) is 5.91 Å². The summed E-state index contributed by atoms with van der Waals surface area (Å²) in [6.07, 6.45) is 4.46. The maximum Gasteiger partial charge on any atom is 0.293 e. The van der Waals surface area contributed by atoms with Crippen LogP contribution in [0.2, 0.25) is 0 Å². The number of non-ortho nitro benzene ring substituents is 1. The summed E-state index contributed by atoms with van der Waals surface area (Å²) >= 11 is 0.870. The van der Waals surface area contributed by atoms with Crippen LogP contribution in [-0.4, -0.2) is 40.0 Å². The number of carbonyl (C=O) groups excluding carboxylic acids is 3. The standard InChI is InChI=1S/C21H17N3O5S/c25-19(11-8-15-6-9-17(10-7-15)24(28)29)22-12-13-23-20(26)18(30-21(23)27)14-16-4-2-1-3-5-16/h1-11,14H,12-13H2,(H,22,25)/b11-8+,18-14-. The molecule has 3 rings (SSSR count). The highest BCUT2D eigenvalue weighted by molar-refractivity contribution is 8.18. The van der Waals surface area contributed by atoms with Crippen LogP contribution in [0.1, 0.15) is 11.1 Å². The van der Waals surface area contributed by atoms with Gasteiger partial charge in [-0.25, -0.2) is 0 Å². The number of hydrogen-bond acceptors (Lipinski definition) is 6. The van der Waals surface area contributed by atoms with Crippen molar-refractivity contribution in [1.29, 1.82) is 0 Å². The van der Waals surface area contributed by atoms with Crippen molar-refractivity contribution in [3.63, 3.8) is 0 Å². The largest absolute Gasteiger partial charge is 0.351 e. The number of nitro benzene ring substituents is 1. The van der Waals surface area contributed by atoms with Crippen molar-refractivity contribution >= 4 is 46.7 Å². The lowest BCUT2D eigenvalue weighted by molar-refractivity contribution is -0.384. The first-order valence-electron chi connectivity index (χ1n) is 8.95. The van der Waals surface area contributed by atoms with E-state index in [0.29, 0.717) is 10.5 Å². The van der Waals surface area contributed by atoms with Crippen LogP contribution in [0.25, 0.3) is 12.2 Å². The second kappa shape index (κ2) is 9.66. The Bertz CT molecular complexity index is 1030. The molecule has 9 heteroatoms. The lowest BCUT2D eigenvalue weighted by Crippen LogP contribution is -2.36. The van der Waals surface area contributed by atoms with Gasteiger partial charge in [0.1, 0.15) is 0 Å². The van der Waals surface area contributed by atoms with E-state index >= 15 is 0 Å². The number of nitrogens with zero attached hydrogens (tertiary/aromatic N) is 2. The van der Waals surface area contributed by atoms with Crippen LogP contribution in [0.4, 0.5) is 10.5 Å². The third-order valence-electron chi connectivity index (χ3n) is 4.14. The van der Waals surface area contributed by atoms with Crippen LogP contribution in [0, 0.1) is 10.1 Å². The molecule has 0 saturated carbocycles. The maximum atomic E-state index is 12.4. The molecule has 30 heavy (non-hydrogen) atoms. The maximum absolute atomic E-state index is 12.4. The molecule has 1 N–H and O–H groups in total. The Hall–Kier alpha value is -3.72. The predicted octanol–water partition coefficient (Wildman–Crippen LogP) is 3.46. The monoisotopic (exact) mass is 423 g/mol. The number of rotatable bonds is 7. The zero-order valence-electron chi connectivity index (χ0n) is 15.7. The number of benzene rings is 2. The van der Waals surface area contributed by atoms with Gasteiger partial charge in [0, 0.05) is 31.3 Å². The Labute approximate surface area is 176 Å². The second-order valence-electron chi connectivity index (χ2n) is 6.22. The van der Waals surface area contributed by atoms with E-state index in [1.807, 2.05) is 30.3 Å². The van der Waals surface area contributed by atoms with E-state index in [-0.39, 0.29) is 29.9 Å². The average Bonchev–Trinajstić information content (AvgIpc) is 3.00. The minimum Gasteiger partial charge on any atom is -0.351 e. The molecule has 1 aliphatic heterocycles. The molecular formula is C21H17N3O5S. The van der Waals surface area contributed by atoms with Gasteiger partial charge in [0.05, 0.1) is 9.83 Å². The van der Waals surface area contributed by atoms with Crippen LogP contribution in [0.3, 0.4) is 0 Å². The number of hydrogen-bond donors (Lipinski definition) is 1. The molecule has 1 fully saturated rings. The van der Waals surface area contributed by atoms with Gasteiger partial charge in [0.15, 0.2) is 0 Å². The Balaban J connectivity index is 1.50. The summed E-state index contributed by atoms with van der Waals surface area (Å²) in [6.45, 7) is 0.175. The number of carbonyl (C=O) groups is 3. The van der Waals surface area contributed by atoms with Crippen LogP contribution >= 0.6 is 11.8 Å². The van der Waals surface area contributed by atoms with E-state index < -0.39 is 10.8 Å². The summed E-state index contributed by atoms with van der Waals surface area (Å²) in [5.41, 5.74) is 1.43. The number of thioether (sulfide) groups is 1. The van der Waals surface area contributed by atoms with Gasteiger partial charge < -0.3 is 5.32 Å². The SMILES string of the molecule is O=C(/C=C/c1ccc([N+](=O)[O-])cc1)NCCN1C(=O)S/C(=C\c2ccccc2)C1=O. The molecular weight excluding hydrogens is 406 g/mol. The lowest BCUT2D eigenvalue weighted by Gasteiger charge is -2.12. The van der Waals surface area contributed by atoms with Gasteiger partial charge in [-0.3, -0.25) is 29.4 Å². The molecule has 0 unspecified atom stereocenters. The molecule has 2 aromatic carbocycles. The molecule has 0 bridgehead atoms. The normalized spacial score (nSPS) is 15.2. The summed E-state index contributed by atoms with van der Waals surface area (Å²) in [5, 5.41) is 12.9. The van der Waals surface area contributed by atoms with Crippen LogP contribution < -0.4 is 5.32 Å². The molecule has 1 heterocycles. The second-order valence-corrected chi connectivity index (χ2v) is 7.21. The van der Waals surface area contributed by atoms with Crippen LogP contribution in [-0.2, 0) is 9.59 Å². The molecule has 0 radical (unpaired) electrons. The summed E-state index contributed by atoms with van der Waals surface area (Å²) < 4.78 is 0. The number of imide groups is 1. The number of amides is 3. The molecule has 0 atom stereocenters. The third kappa shape index (κ3) is 5.42. The number of nitrogens with one attached hydrogen (secondary N) is 1. The molecule has 1 aliphatic rings. The van der Waals surface area contributed by atoms with Gasteiger partial charge in [-0.05, 0) is 47.2 Å². The fourth-order valence-electron chi connectivity index (χ4n) is 2.62. The van der Waals surface area contributed by atoms with E-state index in [1.54, 1.807) is 6.08 Å². The Morgan fingerprint density at radius 1 is 1.07 bits per heavy atom. The van der Waals surface area contributed by atoms with Gasteiger partial charge in [-0.1, -0.05) is 30.3 Å². The van der Waals surface area contributed by atoms with Crippen molar-refractivity contribution in [2.45, 2.75) is 0 Å². The minimum absolute atomic E-state index is 0.0323. The predicted molar refractivity (Wildman–Crippen MR) is 114 cm³/mol. The Kier molecular flexibility index (Phi) is 6.76. The van der Waals surface area contributed by atoms with Gasteiger partial charge in [-0.15, -0.1) is 0 Å². The summed E-state index contributed by atoms with van der Waals surface area (Å²) in [5.74, 6) is -0.787. The van der Waals surface area contributed by atoms with E-state index in [9.17, 15) is 24.5 Å². The zero-order chi connectivity index (χ0) is 21.5. The van der Waals surface area contributed by atoms with Crippen molar-refractivity contribution in [1.82, 2.24) is 10.2 Å². The lowest BCUT2D eigenvalue weighted by atomic mass is 10.2. The number of nitro groups is 1. The van der Waals surface area contributed by atoms with Crippen molar-refractivity contribution in [3.8, 4) is 0 Å². The first-order valence-corrected chi connectivity index (χ1v) is 9.76. The highest BCUT2D eigenvalue weighted by Crippen LogP contribution is 2.31. The fourth-order valence-corrected chi connectivity index (χ4v) is 3.49. The van der Waals surface area contributed by atoms with E-state index in [2.05, 4.69) is 5.32 Å². The van der Waals surface area contributed by atoms with Crippen molar-refractivity contribution < 1.29 is 19.3 Å². The van der Waals surface area contributed by atoms with E-state index in [4.69, 9.17) is 0 Å². The molecule has 3 amide bonds. The molecule has 0 spiro atoms. The smallest absolute Gasteiger partial charge is 0.293 e. The fraction of sp³-hybridized carbons (Fsp3) is 0.0952. The quantitative estimate of drug-likeness (QED) is 0.415. The Morgan fingerprint density at radius 3 is 2.43 bits per heavy atom. The highest BCUT2D eigenvalue weighted by Gasteiger charge is 2.34. The van der Waals surface area contributed by atoms with E-state index in [0.717, 1.165) is 22.2 Å². The van der Waals surface area contributed by atoms with Gasteiger partial charge in [-0.2, -0.15) is 0 Å². The summed E-state index contributed by atoms with van der Waals surface area (Å²) in [6, 6.07) is 15.0. The first kappa shape index (κ1) is 21.0. The van der Waals surface area contributed by atoms with E-state index in [1.165, 1.54) is 36.4 Å². The van der Waals surface area contributed by atoms with Gasteiger partial charge >= 0.3 is 0 Å². The molecule has 152 valence electrons. The zero-order valence-corrected chi connectivity index (χ0v) is 16.5.